The maximum Gasteiger partial charge on any atom is 0.264 e. The zero-order valence-corrected chi connectivity index (χ0v) is 23.6. The van der Waals surface area contributed by atoms with Crippen LogP contribution in [0.1, 0.15) is 49.4 Å². The van der Waals surface area contributed by atoms with Crippen LogP contribution in [0.15, 0.2) is 71.6 Å². The summed E-state index contributed by atoms with van der Waals surface area (Å²) >= 11 is 2.16. The standard InChI is InChI=1S/C27H31IN2O4S/c1-18(2)24-16-25(19(3)15-26(24)34-5)20(4)29-27(31)17-30(22-13-11-21(28)12-14-22)35(32,33)23-9-7-6-8-10-23/h6-16,18,20H,17H2,1-5H3,(H,29,31)/t20-/m1/s1. The van der Waals surface area contributed by atoms with E-state index >= 15 is 0 Å². The van der Waals surface area contributed by atoms with Crippen LogP contribution in [-0.2, 0) is 14.8 Å². The summed E-state index contributed by atoms with van der Waals surface area (Å²) in [5.41, 5.74) is 3.45. The number of nitrogens with one attached hydrogen (secondary N) is 1. The van der Waals surface area contributed by atoms with Gasteiger partial charge in [0.25, 0.3) is 10.0 Å². The summed E-state index contributed by atoms with van der Waals surface area (Å²) in [5.74, 6) is 0.676. The molecule has 1 amide bonds. The van der Waals surface area contributed by atoms with Crippen molar-refractivity contribution in [2.75, 3.05) is 18.0 Å². The minimum absolute atomic E-state index is 0.131. The molecule has 1 atom stereocenters. The summed E-state index contributed by atoms with van der Waals surface area (Å²) in [6.45, 7) is 7.72. The Kier molecular flexibility index (Phi) is 8.82. The number of hydrogen-bond acceptors (Lipinski definition) is 4. The monoisotopic (exact) mass is 606 g/mol. The predicted octanol–water partition coefficient (Wildman–Crippen LogP) is 5.80. The number of amides is 1. The number of rotatable bonds is 9. The summed E-state index contributed by atoms with van der Waals surface area (Å²) in [6.07, 6.45) is 0. The van der Waals surface area contributed by atoms with Crippen molar-refractivity contribution in [3.05, 3.63) is 87.0 Å². The lowest BCUT2D eigenvalue weighted by atomic mass is 9.93. The average molecular weight is 607 g/mol. The molecule has 1 N–H and O–H groups in total. The Balaban J connectivity index is 1.90. The third kappa shape index (κ3) is 6.35. The number of carbonyl (C=O) groups is 1. The second-order valence-electron chi connectivity index (χ2n) is 8.70. The topological polar surface area (TPSA) is 75.7 Å². The number of methoxy groups -OCH3 is 1. The van der Waals surface area contributed by atoms with Crippen LogP contribution in [0.3, 0.4) is 0 Å². The van der Waals surface area contributed by atoms with Crippen LogP contribution in [0.2, 0.25) is 0 Å². The largest absolute Gasteiger partial charge is 0.496 e. The van der Waals surface area contributed by atoms with E-state index in [0.29, 0.717) is 5.69 Å². The van der Waals surface area contributed by atoms with Crippen molar-refractivity contribution in [3.8, 4) is 5.75 Å². The molecule has 3 aromatic rings. The lowest BCUT2D eigenvalue weighted by Gasteiger charge is -2.26. The van der Waals surface area contributed by atoms with Crippen molar-refractivity contribution >= 4 is 44.2 Å². The highest BCUT2D eigenvalue weighted by Crippen LogP contribution is 2.32. The van der Waals surface area contributed by atoms with E-state index < -0.39 is 15.9 Å². The number of halogens is 1. The van der Waals surface area contributed by atoms with Gasteiger partial charge in [-0.15, -0.1) is 0 Å². The third-order valence-corrected chi connectivity index (χ3v) is 8.32. The maximum absolute atomic E-state index is 13.5. The Bertz CT molecular complexity index is 1280. The first-order chi connectivity index (χ1) is 16.5. The third-order valence-electron chi connectivity index (χ3n) is 5.82. The molecule has 6 nitrogen and oxygen atoms in total. The normalized spacial score (nSPS) is 12.3. The Morgan fingerprint density at radius 2 is 1.63 bits per heavy atom. The summed E-state index contributed by atoms with van der Waals surface area (Å²) < 4.78 is 34.6. The number of ether oxygens (including phenoxy) is 1. The van der Waals surface area contributed by atoms with Crippen molar-refractivity contribution in [3.63, 3.8) is 0 Å². The average Bonchev–Trinajstić information content (AvgIpc) is 2.83. The number of nitrogens with zero attached hydrogens (tertiary/aromatic N) is 1. The molecule has 0 spiro atoms. The molecule has 0 bridgehead atoms. The van der Waals surface area contributed by atoms with E-state index in [-0.39, 0.29) is 23.4 Å². The smallest absolute Gasteiger partial charge is 0.264 e. The lowest BCUT2D eigenvalue weighted by Crippen LogP contribution is -2.41. The molecule has 0 unspecified atom stereocenters. The molecule has 0 aliphatic rings. The van der Waals surface area contributed by atoms with Crippen LogP contribution in [0.25, 0.3) is 0 Å². The first-order valence-corrected chi connectivity index (χ1v) is 13.9. The van der Waals surface area contributed by atoms with Gasteiger partial charge in [0.2, 0.25) is 5.91 Å². The van der Waals surface area contributed by atoms with Gasteiger partial charge in [-0.05, 0) is 108 Å². The number of benzene rings is 3. The van der Waals surface area contributed by atoms with E-state index in [1.807, 2.05) is 32.0 Å². The van der Waals surface area contributed by atoms with E-state index in [2.05, 4.69) is 47.8 Å². The Hall–Kier alpha value is -2.59. The molecule has 35 heavy (non-hydrogen) atoms. The van der Waals surface area contributed by atoms with Gasteiger partial charge in [0.1, 0.15) is 12.3 Å². The lowest BCUT2D eigenvalue weighted by molar-refractivity contribution is -0.120. The number of carbonyl (C=O) groups excluding carboxylic acids is 1. The molecule has 0 aliphatic heterocycles. The summed E-state index contributed by atoms with van der Waals surface area (Å²) in [4.78, 5) is 13.3. The summed E-state index contributed by atoms with van der Waals surface area (Å²) in [7, 11) is -2.29. The number of sulfonamides is 1. The first-order valence-electron chi connectivity index (χ1n) is 11.4. The summed E-state index contributed by atoms with van der Waals surface area (Å²) in [5, 5.41) is 2.99. The van der Waals surface area contributed by atoms with Gasteiger partial charge in [0.15, 0.2) is 0 Å². The van der Waals surface area contributed by atoms with Gasteiger partial charge in [-0.1, -0.05) is 32.0 Å². The molecule has 0 radical (unpaired) electrons. The molecule has 0 heterocycles. The van der Waals surface area contributed by atoms with Crippen LogP contribution in [-0.4, -0.2) is 28.0 Å². The zero-order valence-electron chi connectivity index (χ0n) is 20.6. The maximum atomic E-state index is 13.5. The second kappa shape index (κ2) is 11.4. The highest BCUT2D eigenvalue weighted by molar-refractivity contribution is 14.1. The fourth-order valence-electron chi connectivity index (χ4n) is 3.95. The first kappa shape index (κ1) is 27.0. The van der Waals surface area contributed by atoms with E-state index in [1.54, 1.807) is 37.4 Å². The molecule has 0 fully saturated rings. The number of aryl methyl sites for hydroxylation is 1. The quantitative estimate of drug-likeness (QED) is 0.313. The number of anilines is 1. The van der Waals surface area contributed by atoms with Gasteiger partial charge in [0.05, 0.1) is 23.7 Å². The molecule has 0 saturated carbocycles. The van der Waals surface area contributed by atoms with Crippen molar-refractivity contribution in [2.45, 2.75) is 44.6 Å². The minimum atomic E-state index is -3.94. The highest BCUT2D eigenvalue weighted by atomic mass is 127. The van der Waals surface area contributed by atoms with Crippen LogP contribution in [0.5, 0.6) is 5.75 Å². The SMILES string of the molecule is COc1cc(C)c([C@@H](C)NC(=O)CN(c2ccc(I)cc2)S(=O)(=O)c2ccccc2)cc1C(C)C. The summed E-state index contributed by atoms with van der Waals surface area (Å²) in [6, 6.07) is 18.9. The molecule has 3 rings (SSSR count). The van der Waals surface area contributed by atoms with Crippen molar-refractivity contribution < 1.29 is 17.9 Å². The highest BCUT2D eigenvalue weighted by Gasteiger charge is 2.28. The van der Waals surface area contributed by atoms with Gasteiger partial charge < -0.3 is 10.1 Å². The van der Waals surface area contributed by atoms with Crippen LogP contribution in [0, 0.1) is 10.5 Å². The van der Waals surface area contributed by atoms with Gasteiger partial charge in [-0.25, -0.2) is 8.42 Å². The zero-order chi connectivity index (χ0) is 25.8. The molecule has 0 aliphatic carbocycles. The molecule has 0 saturated heterocycles. The molecule has 0 aromatic heterocycles. The Morgan fingerprint density at radius 3 is 2.20 bits per heavy atom. The van der Waals surface area contributed by atoms with E-state index in [1.165, 1.54) is 12.1 Å². The number of hydrogen-bond donors (Lipinski definition) is 1. The van der Waals surface area contributed by atoms with E-state index in [9.17, 15) is 13.2 Å². The second-order valence-corrected chi connectivity index (χ2v) is 11.8. The molecule has 8 heteroatoms. The van der Waals surface area contributed by atoms with Gasteiger partial charge in [-0.2, -0.15) is 0 Å². The van der Waals surface area contributed by atoms with E-state index in [0.717, 1.165) is 30.3 Å². The van der Waals surface area contributed by atoms with Crippen molar-refractivity contribution in [1.82, 2.24) is 5.32 Å². The molecular weight excluding hydrogens is 575 g/mol. The molecular formula is C27H31IN2O4S. The predicted molar refractivity (Wildman–Crippen MR) is 149 cm³/mol. The Labute approximate surface area is 221 Å². The fraction of sp³-hybridized carbons (Fsp3) is 0.296. The molecule has 3 aromatic carbocycles. The molecule has 186 valence electrons. The van der Waals surface area contributed by atoms with E-state index in [4.69, 9.17) is 4.74 Å². The van der Waals surface area contributed by atoms with Crippen molar-refractivity contribution in [2.24, 2.45) is 0 Å². The van der Waals surface area contributed by atoms with Crippen molar-refractivity contribution in [1.29, 1.82) is 0 Å². The minimum Gasteiger partial charge on any atom is -0.496 e. The Morgan fingerprint density at radius 1 is 1.00 bits per heavy atom. The van der Waals surface area contributed by atoms with Crippen LogP contribution in [0.4, 0.5) is 5.69 Å². The van der Waals surface area contributed by atoms with Crippen LogP contribution < -0.4 is 14.4 Å². The fourth-order valence-corrected chi connectivity index (χ4v) is 5.75. The van der Waals surface area contributed by atoms with Gasteiger partial charge >= 0.3 is 0 Å². The van der Waals surface area contributed by atoms with Gasteiger partial charge in [0, 0.05) is 3.57 Å². The van der Waals surface area contributed by atoms with Gasteiger partial charge in [-0.3, -0.25) is 9.10 Å². The van der Waals surface area contributed by atoms with Crippen LogP contribution >= 0.6 is 22.6 Å².